The Hall–Kier alpha value is -3.36. The first kappa shape index (κ1) is 19.9. The van der Waals surface area contributed by atoms with Crippen LogP contribution in [0.2, 0.25) is 0 Å². The number of amides is 4. The monoisotopic (exact) mass is 416 g/mol. The van der Waals surface area contributed by atoms with Crippen molar-refractivity contribution in [3.05, 3.63) is 53.6 Å². The third-order valence-corrected chi connectivity index (χ3v) is 5.50. The molecular formula is C21H22F2N4O3. The Morgan fingerprint density at radius 2 is 2.03 bits per heavy atom. The molecule has 7 nitrogen and oxygen atoms in total. The van der Waals surface area contributed by atoms with E-state index in [1.807, 2.05) is 0 Å². The third-order valence-electron chi connectivity index (χ3n) is 5.50. The fourth-order valence-corrected chi connectivity index (χ4v) is 3.83. The van der Waals surface area contributed by atoms with Crippen molar-refractivity contribution in [2.45, 2.75) is 38.0 Å². The molecule has 0 radical (unpaired) electrons. The Labute approximate surface area is 172 Å². The minimum atomic E-state index is -2.71. The average molecular weight is 416 g/mol. The molecule has 0 saturated heterocycles. The second-order valence-electron chi connectivity index (χ2n) is 7.63. The zero-order valence-electron chi connectivity index (χ0n) is 16.5. The third kappa shape index (κ3) is 3.51. The summed E-state index contributed by atoms with van der Waals surface area (Å²) >= 11 is 0. The average Bonchev–Trinajstić information content (AvgIpc) is 2.71. The molecule has 4 amide bonds. The molecule has 2 aromatic rings. The molecule has 3 N–H and O–H groups in total. The van der Waals surface area contributed by atoms with Crippen LogP contribution in [-0.2, 0) is 6.54 Å². The number of hydrogen-bond donors (Lipinski definition) is 3. The van der Waals surface area contributed by atoms with Crippen LogP contribution in [0.4, 0.5) is 29.7 Å². The first-order chi connectivity index (χ1) is 14.3. The molecule has 0 spiro atoms. The standard InChI is InChI=1S/C21H22F2N4O3/c1-21(18(22)23)10-15(12-6-3-4-9-17(12)30-21)26-19(28)25-14-7-5-8-16-13(14)11-24-20(29)27(16)2/h3-9,15,18H,10-11H2,1-2H3,(H,24,29)(H2,25,26,28)/t15-,21+/m1/s1. The maximum absolute atomic E-state index is 13.6. The summed E-state index contributed by atoms with van der Waals surface area (Å²) in [5.41, 5.74) is 0.935. The van der Waals surface area contributed by atoms with E-state index in [9.17, 15) is 18.4 Å². The molecule has 0 unspecified atom stereocenters. The van der Waals surface area contributed by atoms with Gasteiger partial charge >= 0.3 is 12.1 Å². The Kier molecular flexibility index (Phi) is 4.97. The number of alkyl halides is 2. The second-order valence-corrected chi connectivity index (χ2v) is 7.63. The van der Waals surface area contributed by atoms with Gasteiger partial charge in [-0.15, -0.1) is 0 Å². The lowest BCUT2D eigenvalue weighted by Gasteiger charge is -2.39. The quantitative estimate of drug-likeness (QED) is 0.707. The summed E-state index contributed by atoms with van der Waals surface area (Å²) in [7, 11) is 1.64. The summed E-state index contributed by atoms with van der Waals surface area (Å²) in [6, 6.07) is 10.7. The summed E-state index contributed by atoms with van der Waals surface area (Å²) in [4.78, 5) is 26.0. The Morgan fingerprint density at radius 3 is 2.80 bits per heavy atom. The lowest BCUT2D eigenvalue weighted by Crippen LogP contribution is -2.48. The summed E-state index contributed by atoms with van der Waals surface area (Å²) in [6.07, 6.45) is -2.78. The van der Waals surface area contributed by atoms with Gasteiger partial charge in [-0.05, 0) is 25.1 Å². The largest absolute Gasteiger partial charge is 0.481 e. The van der Waals surface area contributed by atoms with Crippen LogP contribution in [0.1, 0.15) is 30.5 Å². The van der Waals surface area contributed by atoms with Gasteiger partial charge in [0, 0.05) is 36.8 Å². The van der Waals surface area contributed by atoms with E-state index in [0.717, 1.165) is 5.56 Å². The number of benzene rings is 2. The molecule has 158 valence electrons. The number of hydrogen-bond acceptors (Lipinski definition) is 3. The lowest BCUT2D eigenvalue weighted by molar-refractivity contribution is -0.0824. The zero-order chi connectivity index (χ0) is 21.5. The SMILES string of the molecule is CN1C(=O)NCc2c(NC(=O)N[C@@H]3C[C@@](C)(C(F)F)Oc4ccccc43)cccc21. The van der Waals surface area contributed by atoms with Gasteiger partial charge in [-0.3, -0.25) is 4.90 Å². The molecule has 0 fully saturated rings. The molecule has 2 atom stereocenters. The molecule has 0 aliphatic carbocycles. The van der Waals surface area contributed by atoms with Crippen LogP contribution in [0.15, 0.2) is 42.5 Å². The molecule has 30 heavy (non-hydrogen) atoms. The molecular weight excluding hydrogens is 394 g/mol. The predicted molar refractivity (Wildman–Crippen MR) is 108 cm³/mol. The number of halogens is 2. The van der Waals surface area contributed by atoms with Crippen molar-refractivity contribution in [2.24, 2.45) is 0 Å². The molecule has 0 bridgehead atoms. The molecule has 0 saturated carbocycles. The minimum absolute atomic E-state index is 0.0687. The number of rotatable bonds is 3. The van der Waals surface area contributed by atoms with E-state index in [4.69, 9.17) is 4.74 Å². The minimum Gasteiger partial charge on any atom is -0.481 e. The van der Waals surface area contributed by atoms with Crippen LogP contribution in [-0.4, -0.2) is 31.1 Å². The van der Waals surface area contributed by atoms with Crippen molar-refractivity contribution in [3.63, 3.8) is 0 Å². The van der Waals surface area contributed by atoms with E-state index in [-0.39, 0.29) is 19.0 Å². The van der Waals surface area contributed by atoms with Crippen molar-refractivity contribution >= 4 is 23.4 Å². The Morgan fingerprint density at radius 1 is 1.27 bits per heavy atom. The van der Waals surface area contributed by atoms with Crippen molar-refractivity contribution in [1.29, 1.82) is 0 Å². The van der Waals surface area contributed by atoms with Gasteiger partial charge in [0.1, 0.15) is 5.75 Å². The van der Waals surface area contributed by atoms with E-state index in [1.165, 1.54) is 11.8 Å². The molecule has 2 aliphatic heterocycles. The molecule has 2 heterocycles. The number of carbonyl (C=O) groups excluding carboxylic acids is 2. The Bertz CT molecular complexity index is 1000. The van der Waals surface area contributed by atoms with Crippen LogP contribution < -0.4 is 25.6 Å². The van der Waals surface area contributed by atoms with Gasteiger partial charge in [-0.2, -0.15) is 0 Å². The lowest BCUT2D eigenvalue weighted by atomic mass is 9.88. The van der Waals surface area contributed by atoms with Crippen LogP contribution in [0.3, 0.4) is 0 Å². The van der Waals surface area contributed by atoms with Gasteiger partial charge in [-0.25, -0.2) is 18.4 Å². The predicted octanol–water partition coefficient (Wildman–Crippen LogP) is 4.02. The van der Waals surface area contributed by atoms with Crippen LogP contribution in [0.5, 0.6) is 5.75 Å². The highest BCUT2D eigenvalue weighted by Crippen LogP contribution is 2.42. The van der Waals surface area contributed by atoms with Gasteiger partial charge in [0.25, 0.3) is 6.43 Å². The van der Waals surface area contributed by atoms with E-state index in [1.54, 1.807) is 49.5 Å². The second kappa shape index (κ2) is 7.47. The number of carbonyl (C=O) groups is 2. The van der Waals surface area contributed by atoms with Crippen LogP contribution in [0, 0.1) is 0 Å². The van der Waals surface area contributed by atoms with Gasteiger partial charge in [0.05, 0.1) is 11.7 Å². The summed E-state index contributed by atoms with van der Waals surface area (Å²) in [5.74, 6) is 0.332. The highest BCUT2D eigenvalue weighted by atomic mass is 19.3. The molecule has 2 aromatic carbocycles. The first-order valence-electron chi connectivity index (χ1n) is 9.55. The summed E-state index contributed by atoms with van der Waals surface area (Å²) in [6.45, 7) is 1.62. The number of para-hydroxylation sites is 1. The number of urea groups is 2. The molecule has 9 heteroatoms. The van der Waals surface area contributed by atoms with Gasteiger partial charge in [0.15, 0.2) is 5.60 Å². The van der Waals surface area contributed by atoms with Crippen LogP contribution >= 0.6 is 0 Å². The summed E-state index contributed by atoms with van der Waals surface area (Å²) < 4.78 is 32.8. The highest BCUT2D eigenvalue weighted by Gasteiger charge is 2.44. The van der Waals surface area contributed by atoms with Gasteiger partial charge < -0.3 is 20.7 Å². The number of anilines is 2. The normalized spacial score (nSPS) is 22.5. The highest BCUT2D eigenvalue weighted by molar-refractivity contribution is 5.98. The number of nitrogens with one attached hydrogen (secondary N) is 3. The van der Waals surface area contributed by atoms with Crippen molar-refractivity contribution in [2.75, 3.05) is 17.3 Å². The van der Waals surface area contributed by atoms with Crippen molar-refractivity contribution in [3.8, 4) is 5.75 Å². The van der Waals surface area contributed by atoms with Gasteiger partial charge in [-0.1, -0.05) is 24.3 Å². The van der Waals surface area contributed by atoms with E-state index >= 15 is 0 Å². The van der Waals surface area contributed by atoms with Gasteiger partial charge in [0.2, 0.25) is 0 Å². The summed E-state index contributed by atoms with van der Waals surface area (Å²) in [5, 5.41) is 8.31. The van der Waals surface area contributed by atoms with E-state index in [0.29, 0.717) is 22.7 Å². The molecule has 2 aliphatic rings. The fraction of sp³-hybridized carbons (Fsp3) is 0.333. The number of ether oxygens (including phenoxy) is 1. The molecule has 0 aromatic heterocycles. The Balaban J connectivity index is 1.56. The molecule has 4 rings (SSSR count). The van der Waals surface area contributed by atoms with Crippen molar-refractivity contribution in [1.82, 2.24) is 10.6 Å². The van der Waals surface area contributed by atoms with Crippen molar-refractivity contribution < 1.29 is 23.1 Å². The van der Waals surface area contributed by atoms with E-state index in [2.05, 4.69) is 16.0 Å². The fourth-order valence-electron chi connectivity index (χ4n) is 3.83. The maximum Gasteiger partial charge on any atom is 0.321 e. The van der Waals surface area contributed by atoms with Crippen LogP contribution in [0.25, 0.3) is 0 Å². The zero-order valence-corrected chi connectivity index (χ0v) is 16.5. The number of nitrogens with zero attached hydrogens (tertiary/aromatic N) is 1. The van der Waals surface area contributed by atoms with E-state index < -0.39 is 24.1 Å². The maximum atomic E-state index is 13.6. The smallest absolute Gasteiger partial charge is 0.321 e. The topological polar surface area (TPSA) is 82.7 Å². The first-order valence-corrected chi connectivity index (χ1v) is 9.55. The number of fused-ring (bicyclic) bond motifs is 2.